The predicted octanol–water partition coefficient (Wildman–Crippen LogP) is 3.57. The summed E-state index contributed by atoms with van der Waals surface area (Å²) in [5.41, 5.74) is 9.41. The molecule has 0 unspecified atom stereocenters. The van der Waals surface area contributed by atoms with Gasteiger partial charge in [-0.15, -0.1) is 0 Å². The molecule has 0 fully saturated rings. The number of nitrogens with two attached hydrogens (primary N) is 1. The highest BCUT2D eigenvalue weighted by molar-refractivity contribution is 5.85. The number of anilines is 3. The van der Waals surface area contributed by atoms with Crippen molar-refractivity contribution in [2.75, 3.05) is 18.2 Å². The van der Waals surface area contributed by atoms with Crippen LogP contribution in [-0.2, 0) is 0 Å². The lowest BCUT2D eigenvalue weighted by Gasteiger charge is -2.12. The second-order valence-electron chi connectivity index (χ2n) is 4.46. The number of hydrogen-bond donors (Lipinski definition) is 2. The van der Waals surface area contributed by atoms with Gasteiger partial charge in [-0.1, -0.05) is 12.1 Å². The summed E-state index contributed by atoms with van der Waals surface area (Å²) in [7, 11) is 1.61. The van der Waals surface area contributed by atoms with E-state index in [9.17, 15) is 0 Å². The van der Waals surface area contributed by atoms with E-state index >= 15 is 0 Å². The van der Waals surface area contributed by atoms with E-state index in [-0.39, 0.29) is 0 Å². The molecule has 0 bridgehead atoms. The zero-order valence-electron chi connectivity index (χ0n) is 11.1. The predicted molar refractivity (Wildman–Crippen MR) is 82.4 cm³/mol. The molecule has 0 radical (unpaired) electrons. The molecule has 4 heteroatoms. The number of ether oxygens (including phenoxy) is 1. The summed E-state index contributed by atoms with van der Waals surface area (Å²) < 4.78 is 5.22. The highest BCUT2D eigenvalue weighted by Crippen LogP contribution is 2.31. The van der Waals surface area contributed by atoms with Crippen LogP contribution < -0.4 is 15.8 Å². The molecule has 3 aromatic rings. The van der Waals surface area contributed by atoms with Gasteiger partial charge < -0.3 is 15.8 Å². The van der Waals surface area contributed by atoms with Gasteiger partial charge in [0.05, 0.1) is 24.0 Å². The van der Waals surface area contributed by atoms with Gasteiger partial charge in [0.1, 0.15) is 5.75 Å². The minimum atomic E-state index is 0.598. The minimum absolute atomic E-state index is 0.598. The molecule has 0 saturated carbocycles. The topological polar surface area (TPSA) is 60.2 Å². The van der Waals surface area contributed by atoms with Crippen molar-refractivity contribution in [1.82, 2.24) is 4.98 Å². The smallest absolute Gasteiger partial charge is 0.143 e. The largest absolute Gasteiger partial charge is 0.495 e. The van der Waals surface area contributed by atoms with E-state index in [1.54, 1.807) is 13.3 Å². The number of nitrogens with one attached hydrogen (secondary N) is 1. The van der Waals surface area contributed by atoms with Crippen molar-refractivity contribution in [2.24, 2.45) is 0 Å². The van der Waals surface area contributed by atoms with Gasteiger partial charge in [-0.3, -0.25) is 4.98 Å². The zero-order chi connectivity index (χ0) is 13.9. The van der Waals surface area contributed by atoms with Gasteiger partial charge in [0.25, 0.3) is 0 Å². The Hall–Kier alpha value is -2.75. The van der Waals surface area contributed by atoms with Gasteiger partial charge >= 0.3 is 0 Å². The van der Waals surface area contributed by atoms with Crippen LogP contribution in [0.1, 0.15) is 0 Å². The first kappa shape index (κ1) is 12.3. The van der Waals surface area contributed by atoms with Gasteiger partial charge in [-0.25, -0.2) is 0 Å². The Bertz CT molecular complexity index is 756. The number of pyridine rings is 1. The van der Waals surface area contributed by atoms with Crippen molar-refractivity contribution < 1.29 is 4.74 Å². The normalized spacial score (nSPS) is 10.4. The third-order valence-electron chi connectivity index (χ3n) is 3.17. The number of benzene rings is 2. The molecule has 4 nitrogen and oxygen atoms in total. The molecule has 100 valence electrons. The van der Waals surface area contributed by atoms with E-state index in [1.807, 2.05) is 48.5 Å². The van der Waals surface area contributed by atoms with Crippen molar-refractivity contribution in [2.45, 2.75) is 0 Å². The standard InChI is InChI=1S/C16H15N3O/c1-20-15-6-2-5-14(16(15)17)19-12-7-8-13-11(10-12)4-3-9-18-13/h2-10,19H,17H2,1H3. The summed E-state index contributed by atoms with van der Waals surface area (Å²) in [6.45, 7) is 0. The Labute approximate surface area is 117 Å². The molecule has 0 saturated heterocycles. The van der Waals surface area contributed by atoms with Gasteiger partial charge in [0.15, 0.2) is 0 Å². The van der Waals surface area contributed by atoms with Crippen molar-refractivity contribution in [3.05, 3.63) is 54.7 Å². The van der Waals surface area contributed by atoms with Crippen LogP contribution in [0, 0.1) is 0 Å². The molecule has 0 aliphatic rings. The fourth-order valence-corrected chi connectivity index (χ4v) is 2.14. The molecule has 1 aromatic heterocycles. The van der Waals surface area contributed by atoms with Crippen LogP contribution in [0.25, 0.3) is 10.9 Å². The van der Waals surface area contributed by atoms with Crippen LogP contribution in [0.3, 0.4) is 0 Å². The van der Waals surface area contributed by atoms with Gasteiger partial charge in [0, 0.05) is 17.3 Å². The van der Waals surface area contributed by atoms with Gasteiger partial charge in [0.2, 0.25) is 0 Å². The lowest BCUT2D eigenvalue weighted by molar-refractivity contribution is 0.417. The Balaban J connectivity index is 1.97. The second kappa shape index (κ2) is 5.09. The summed E-state index contributed by atoms with van der Waals surface area (Å²) in [5.74, 6) is 0.664. The molecular formula is C16H15N3O. The van der Waals surface area contributed by atoms with Crippen LogP contribution in [0.2, 0.25) is 0 Å². The zero-order valence-corrected chi connectivity index (χ0v) is 11.1. The Kier molecular flexibility index (Phi) is 3.13. The number of fused-ring (bicyclic) bond motifs is 1. The highest BCUT2D eigenvalue weighted by atomic mass is 16.5. The van der Waals surface area contributed by atoms with E-state index in [0.717, 1.165) is 22.3 Å². The van der Waals surface area contributed by atoms with E-state index in [2.05, 4.69) is 10.3 Å². The number of hydrogen-bond acceptors (Lipinski definition) is 4. The fourth-order valence-electron chi connectivity index (χ4n) is 2.14. The number of nitrogens with zero attached hydrogens (tertiary/aromatic N) is 1. The maximum absolute atomic E-state index is 6.05. The average molecular weight is 265 g/mol. The van der Waals surface area contributed by atoms with E-state index in [1.165, 1.54) is 0 Å². The summed E-state index contributed by atoms with van der Waals surface area (Å²) in [6.07, 6.45) is 1.79. The molecular weight excluding hydrogens is 250 g/mol. The summed E-state index contributed by atoms with van der Waals surface area (Å²) in [6, 6.07) is 15.6. The monoisotopic (exact) mass is 265 g/mol. The van der Waals surface area contributed by atoms with Crippen molar-refractivity contribution in [1.29, 1.82) is 0 Å². The first-order valence-electron chi connectivity index (χ1n) is 6.32. The lowest BCUT2D eigenvalue weighted by Crippen LogP contribution is -1.99. The van der Waals surface area contributed by atoms with E-state index in [0.29, 0.717) is 11.4 Å². The average Bonchev–Trinajstić information content (AvgIpc) is 2.49. The number of aromatic nitrogens is 1. The Morgan fingerprint density at radius 2 is 2.00 bits per heavy atom. The van der Waals surface area contributed by atoms with Crippen LogP contribution >= 0.6 is 0 Å². The molecule has 3 rings (SSSR count). The molecule has 0 atom stereocenters. The molecule has 2 aromatic carbocycles. The second-order valence-corrected chi connectivity index (χ2v) is 4.46. The third kappa shape index (κ3) is 2.23. The maximum atomic E-state index is 6.05. The molecule has 20 heavy (non-hydrogen) atoms. The Morgan fingerprint density at radius 3 is 2.85 bits per heavy atom. The number of rotatable bonds is 3. The lowest BCUT2D eigenvalue weighted by atomic mass is 10.2. The SMILES string of the molecule is COc1cccc(Nc2ccc3ncccc3c2)c1N. The van der Waals surface area contributed by atoms with Crippen LogP contribution in [0.4, 0.5) is 17.1 Å². The summed E-state index contributed by atoms with van der Waals surface area (Å²) >= 11 is 0. The van der Waals surface area contributed by atoms with E-state index < -0.39 is 0 Å². The summed E-state index contributed by atoms with van der Waals surface area (Å²) in [5, 5.41) is 4.39. The number of nitrogen functional groups attached to an aromatic ring is 1. The summed E-state index contributed by atoms with van der Waals surface area (Å²) in [4.78, 5) is 4.30. The van der Waals surface area contributed by atoms with Crippen LogP contribution in [0.15, 0.2) is 54.7 Å². The van der Waals surface area contributed by atoms with Crippen molar-refractivity contribution >= 4 is 28.0 Å². The molecule has 0 aliphatic heterocycles. The number of methoxy groups -OCH3 is 1. The van der Waals surface area contributed by atoms with Crippen molar-refractivity contribution in [3.8, 4) is 5.75 Å². The molecule has 1 heterocycles. The highest BCUT2D eigenvalue weighted by Gasteiger charge is 2.05. The molecule has 0 aliphatic carbocycles. The van der Waals surface area contributed by atoms with Crippen LogP contribution in [-0.4, -0.2) is 12.1 Å². The maximum Gasteiger partial charge on any atom is 0.143 e. The van der Waals surface area contributed by atoms with E-state index in [4.69, 9.17) is 10.5 Å². The van der Waals surface area contributed by atoms with Crippen LogP contribution in [0.5, 0.6) is 5.75 Å². The molecule has 3 N–H and O–H groups in total. The van der Waals surface area contributed by atoms with Gasteiger partial charge in [-0.2, -0.15) is 0 Å². The fraction of sp³-hybridized carbons (Fsp3) is 0.0625. The first-order valence-corrected chi connectivity index (χ1v) is 6.32. The molecule has 0 spiro atoms. The quantitative estimate of drug-likeness (QED) is 0.711. The number of para-hydroxylation sites is 1. The van der Waals surface area contributed by atoms with Gasteiger partial charge in [-0.05, 0) is 36.4 Å². The Morgan fingerprint density at radius 1 is 1.10 bits per heavy atom. The minimum Gasteiger partial charge on any atom is -0.495 e. The molecule has 0 amide bonds. The first-order chi connectivity index (χ1) is 9.78. The van der Waals surface area contributed by atoms with Crippen molar-refractivity contribution in [3.63, 3.8) is 0 Å². The third-order valence-corrected chi connectivity index (χ3v) is 3.17.